The summed E-state index contributed by atoms with van der Waals surface area (Å²) in [5, 5.41) is 12.1. The number of aliphatic imine (C=N–C) groups is 5. The smallest absolute Gasteiger partial charge is 0.135 e. The van der Waals surface area contributed by atoms with Crippen molar-refractivity contribution in [1.29, 1.82) is 0 Å². The number of para-hydroxylation sites is 6. The lowest BCUT2D eigenvalue weighted by Crippen LogP contribution is -2.01. The number of halogens is 1. The van der Waals surface area contributed by atoms with Gasteiger partial charge in [0.1, 0.15) is 11.6 Å². The summed E-state index contributed by atoms with van der Waals surface area (Å²) in [6, 6.07) is 127. The Morgan fingerprint density at radius 2 is 0.612 bits per heavy atom. The van der Waals surface area contributed by atoms with E-state index in [2.05, 4.69) is 333 Å². The molecule has 13 heterocycles. The van der Waals surface area contributed by atoms with E-state index in [9.17, 15) is 4.39 Å². The van der Waals surface area contributed by atoms with E-state index in [4.69, 9.17) is 54.9 Å². The van der Waals surface area contributed by atoms with Crippen molar-refractivity contribution in [2.45, 2.75) is 130 Å². The van der Waals surface area contributed by atoms with E-state index in [1.54, 1.807) is 19.1 Å². The van der Waals surface area contributed by atoms with Crippen LogP contribution in [0.3, 0.4) is 0 Å². The van der Waals surface area contributed by atoms with E-state index in [1.165, 1.54) is 110 Å². The van der Waals surface area contributed by atoms with Crippen molar-refractivity contribution < 1.29 is 4.39 Å². The molecule has 14 nitrogen and oxygen atoms in total. The molecule has 147 heavy (non-hydrogen) atoms. The monoisotopic (exact) mass is 1910 g/mol. The number of hydrogen-bond acceptors (Lipinski definition) is 13. The van der Waals surface area contributed by atoms with Crippen molar-refractivity contribution in [3.8, 4) is 0 Å². The lowest BCUT2D eigenvalue weighted by atomic mass is 10.0. The van der Waals surface area contributed by atoms with Crippen LogP contribution in [0.2, 0.25) is 0 Å². The predicted octanol–water partition coefficient (Wildman–Crippen LogP) is 31.4. The third-order valence-electron chi connectivity index (χ3n) is 27.8. The minimum Gasteiger partial charge on any atom is -0.331 e. The summed E-state index contributed by atoms with van der Waals surface area (Å²) in [5.74, 6) is 0.932. The van der Waals surface area contributed by atoms with Gasteiger partial charge in [-0.15, -0.1) is 0 Å². The van der Waals surface area contributed by atoms with Gasteiger partial charge in [-0.05, 0) is 222 Å². The van der Waals surface area contributed by atoms with Gasteiger partial charge in [-0.25, -0.2) is 9.37 Å². The van der Waals surface area contributed by atoms with Crippen LogP contribution < -0.4 is 0 Å². The third-order valence-corrected chi connectivity index (χ3v) is 27.8. The molecule has 15 heteroatoms. The van der Waals surface area contributed by atoms with Crippen LogP contribution in [0.1, 0.15) is 142 Å². The molecule has 0 bridgehead atoms. The van der Waals surface area contributed by atoms with Gasteiger partial charge in [0.15, 0.2) is 0 Å². The van der Waals surface area contributed by atoms with E-state index >= 15 is 0 Å². The number of pyridine rings is 7. The molecule has 0 radical (unpaired) electrons. The minimum atomic E-state index is -0.171. The zero-order valence-electron chi connectivity index (χ0n) is 83.3. The highest BCUT2D eigenvalue weighted by molar-refractivity contribution is 6.06. The summed E-state index contributed by atoms with van der Waals surface area (Å²) in [4.78, 5) is 61.5. The molecule has 0 fully saturated rings. The van der Waals surface area contributed by atoms with Crippen LogP contribution in [0, 0.1) is 26.6 Å². The first-order chi connectivity index (χ1) is 72.3. The van der Waals surface area contributed by atoms with Gasteiger partial charge in [0.25, 0.3) is 0 Å². The van der Waals surface area contributed by atoms with Crippen LogP contribution in [0.15, 0.2) is 432 Å². The van der Waals surface area contributed by atoms with Gasteiger partial charge >= 0.3 is 0 Å². The van der Waals surface area contributed by atoms with Crippen molar-refractivity contribution in [3.05, 3.63) is 497 Å². The van der Waals surface area contributed by atoms with Crippen LogP contribution in [0.4, 0.5) is 10.1 Å². The standard InChI is InChI=1S/C23H19N3.C23H18N2.C22H19FN2.2C22H20N2.C20H17N3/c1-26-21-14-11-16-6-2-4-8-19(16)23(21)25-22(26)15-13-18-12-10-17-7-3-5-9-20(17)24-18;1-3-7-21-16(5-1)9-10-18-15-20(25-23(18)21)14-13-19-12-11-17-6-2-4-8-22(17)24-19;1-15-5-4-7-19(22(15)23)21-14-13-18(25-21)12-11-17-10-9-16-6-2-3-8-20(16)24-17;1-16-6-2-4-8-20(16)22-15-14-19(24-22)13-12-18-11-10-17-7-3-5-9-21(17)23-18;1-16-5-4-7-18(15-16)22-14-13-20(24-22)12-11-19-10-9-17-6-2-3-8-21(17)23-19;1-2-4-19-15(3-1)5-6-17(22-19)7-8-18-9-10-20(23-18)16-11-13-21-14-12-16/h2-12,14H,13,15H2,1H3;1-12H,13-15H2;2-10,14H,11-13H2,1H3;2-11,15H,12-14H2,1H3;2-10,14-15H,11-13H2,1H3;1-6,10-14H,7-9H2. The van der Waals surface area contributed by atoms with Gasteiger partial charge in [0.05, 0.1) is 72.6 Å². The molecule has 0 atom stereocenters. The quantitative estimate of drug-likeness (QED) is 0.0645. The van der Waals surface area contributed by atoms with Gasteiger partial charge in [-0.1, -0.05) is 297 Å². The van der Waals surface area contributed by atoms with Crippen molar-refractivity contribution in [1.82, 2.24) is 44.4 Å². The number of hydrogen-bond donors (Lipinski definition) is 0. The molecule has 21 aromatic rings. The largest absolute Gasteiger partial charge is 0.331 e. The lowest BCUT2D eigenvalue weighted by Gasteiger charge is -2.05. The molecular formula is C132H113FN14. The zero-order chi connectivity index (χ0) is 99.6. The molecule has 0 saturated heterocycles. The molecule has 5 aliphatic rings. The minimum absolute atomic E-state index is 0.171. The molecule has 8 aromatic heterocycles. The molecule has 0 amide bonds. The number of rotatable bonds is 22. The summed E-state index contributed by atoms with van der Waals surface area (Å²) in [5.41, 5.74) is 35.4. The fourth-order valence-corrected chi connectivity index (χ4v) is 19.7. The second-order valence-corrected chi connectivity index (χ2v) is 38.1. The summed E-state index contributed by atoms with van der Waals surface area (Å²) in [7, 11) is 2.10. The first-order valence-electron chi connectivity index (χ1n) is 51.2. The predicted molar refractivity (Wildman–Crippen MR) is 610 cm³/mol. The Labute approximate surface area is 857 Å². The second-order valence-electron chi connectivity index (χ2n) is 38.1. The Hall–Kier alpha value is -17.3. The van der Waals surface area contributed by atoms with Gasteiger partial charge in [-0.3, -0.25) is 59.8 Å². The highest BCUT2D eigenvalue weighted by atomic mass is 19.1. The SMILES string of the molecule is C1=C(c2ccncc2)N=C(CCc2ccc3ccccc3n2)C1.Cc1cccc(C2=CCC(CCc3ccc4ccccc4n3)=N2)c1.Cc1cccc(C2=CCC(CCc3ccc4ccccc4n3)=N2)c1F.Cc1ccccc1C1=CCC(CCc2ccc3ccccc3n2)=N1.Cn1c(CCc2ccc3ccccc3n2)nc2c3ccccc3ccc21.c1ccc2nc(CCC3=Nc4c(ccc5ccccc45)C3)ccc2c1. The Bertz CT molecular complexity index is 8800. The van der Waals surface area contributed by atoms with E-state index in [1.807, 2.05) is 97.3 Å². The van der Waals surface area contributed by atoms with Crippen molar-refractivity contribution in [2.24, 2.45) is 32.0 Å². The molecule has 718 valence electrons. The number of aromatic nitrogens is 9. The topological polar surface area (TPSA) is 170 Å². The Morgan fingerprint density at radius 1 is 0.265 bits per heavy atom. The first-order valence-corrected chi connectivity index (χ1v) is 51.2. The van der Waals surface area contributed by atoms with Gasteiger partial charge in [0.2, 0.25) is 0 Å². The lowest BCUT2D eigenvalue weighted by molar-refractivity contribution is 0.614. The van der Waals surface area contributed by atoms with Gasteiger partial charge in [-0.2, -0.15) is 0 Å². The molecule has 0 saturated carbocycles. The summed E-state index contributed by atoms with van der Waals surface area (Å²) in [6.45, 7) is 6.04. The highest BCUT2D eigenvalue weighted by Crippen LogP contribution is 2.38. The molecule has 26 rings (SSSR count). The molecule has 0 unspecified atom stereocenters. The summed E-state index contributed by atoms with van der Waals surface area (Å²) in [6.07, 6.45) is 28.0. The van der Waals surface area contributed by atoms with Crippen LogP contribution >= 0.6 is 0 Å². The fraction of sp³-hybridized carbons (Fsp3) is 0.159. The van der Waals surface area contributed by atoms with Crippen molar-refractivity contribution in [3.63, 3.8) is 0 Å². The van der Waals surface area contributed by atoms with Crippen LogP contribution in [0.25, 0.3) is 121 Å². The molecule has 0 N–H and O–H groups in total. The molecule has 13 aromatic carbocycles. The van der Waals surface area contributed by atoms with E-state index in [0.29, 0.717) is 11.1 Å². The number of aryl methyl sites for hydroxylation is 11. The fourth-order valence-electron chi connectivity index (χ4n) is 19.7. The average Bonchev–Trinajstić information content (AvgIpc) is 1.62. The van der Waals surface area contributed by atoms with Crippen LogP contribution in [-0.4, -0.2) is 73.0 Å². The zero-order valence-corrected chi connectivity index (χ0v) is 83.3. The molecule has 5 aliphatic heterocycles. The number of imidazole rings is 1. The second kappa shape index (κ2) is 45.5. The maximum absolute atomic E-state index is 14.3. The first kappa shape index (κ1) is 95.9. The molecular weight excluding hydrogens is 1800 g/mol. The van der Waals surface area contributed by atoms with E-state index < -0.39 is 0 Å². The summed E-state index contributed by atoms with van der Waals surface area (Å²) < 4.78 is 16.5. The Balaban J connectivity index is 0.000000104. The normalized spacial score (nSPS) is 13.4. The van der Waals surface area contributed by atoms with Gasteiger partial charge < -0.3 is 4.57 Å². The summed E-state index contributed by atoms with van der Waals surface area (Å²) >= 11 is 0. The van der Waals surface area contributed by atoms with Crippen LogP contribution in [-0.2, 0) is 58.4 Å². The van der Waals surface area contributed by atoms with E-state index in [-0.39, 0.29) is 5.82 Å². The average molecular weight is 1910 g/mol. The number of benzene rings is 13. The van der Waals surface area contributed by atoms with Crippen molar-refractivity contribution in [2.75, 3.05) is 0 Å². The molecule has 0 aliphatic carbocycles. The number of nitrogens with zero attached hydrogens (tertiary/aromatic N) is 14. The van der Waals surface area contributed by atoms with Crippen molar-refractivity contribution >= 4 is 155 Å². The third kappa shape index (κ3) is 23.6. The molecule has 0 spiro atoms. The van der Waals surface area contributed by atoms with Gasteiger partial charge in [0, 0.05) is 186 Å². The Morgan fingerprint density at radius 3 is 1.07 bits per heavy atom. The Kier molecular flexibility index (Phi) is 29.7. The van der Waals surface area contributed by atoms with E-state index in [0.717, 1.165) is 227 Å². The number of allylic oxidation sites excluding steroid dienone is 4. The highest BCUT2D eigenvalue weighted by Gasteiger charge is 2.22. The van der Waals surface area contributed by atoms with Crippen LogP contribution in [0.5, 0.6) is 0 Å². The maximum atomic E-state index is 14.3. The maximum Gasteiger partial charge on any atom is 0.135 e. The number of fused-ring (bicyclic) bond motifs is 12.